The maximum absolute atomic E-state index is 13.3. The van der Waals surface area contributed by atoms with Crippen molar-refractivity contribution < 1.29 is 4.43 Å². The van der Waals surface area contributed by atoms with Gasteiger partial charge < -0.3 is 4.43 Å². The van der Waals surface area contributed by atoms with E-state index < -0.39 is 8.32 Å². The molecule has 0 amide bonds. The summed E-state index contributed by atoms with van der Waals surface area (Å²) in [5, 5.41) is 1.59. The van der Waals surface area contributed by atoms with Crippen molar-refractivity contribution in [3.63, 3.8) is 0 Å². The van der Waals surface area contributed by atoms with Crippen molar-refractivity contribution in [2.24, 2.45) is 7.05 Å². The fraction of sp³-hybridized carbons (Fsp3) is 0.435. The standard InChI is InChI=1S/C23H31N3O2SSi/c1-14-10-11-18(28-30(8,9)23(3,4)5)15(2)19(14)17-12-16-13-24-22(29-7)25-20(16)26(6)21(17)27/h10-13H,1-9H3. The summed E-state index contributed by atoms with van der Waals surface area (Å²) < 4.78 is 8.22. The van der Waals surface area contributed by atoms with Gasteiger partial charge in [0.1, 0.15) is 11.4 Å². The number of aromatic nitrogens is 3. The number of pyridine rings is 1. The fourth-order valence-corrected chi connectivity index (χ4v) is 4.70. The number of rotatable bonds is 4. The molecular formula is C23H31N3O2SSi. The first kappa shape index (κ1) is 22.6. The Bertz CT molecular complexity index is 1180. The summed E-state index contributed by atoms with van der Waals surface area (Å²) in [7, 11) is -0.233. The van der Waals surface area contributed by atoms with E-state index in [4.69, 9.17) is 4.43 Å². The summed E-state index contributed by atoms with van der Waals surface area (Å²) in [6, 6.07) is 5.99. The molecule has 7 heteroatoms. The Kier molecular flexibility index (Phi) is 5.90. The molecule has 30 heavy (non-hydrogen) atoms. The molecule has 0 saturated heterocycles. The lowest BCUT2D eigenvalue weighted by Crippen LogP contribution is -2.44. The second-order valence-corrected chi connectivity index (χ2v) is 14.8. The number of hydrogen-bond donors (Lipinski definition) is 0. The highest BCUT2D eigenvalue weighted by atomic mass is 32.2. The smallest absolute Gasteiger partial charge is 0.259 e. The molecule has 2 heterocycles. The van der Waals surface area contributed by atoms with E-state index in [0.29, 0.717) is 16.4 Å². The Hall–Kier alpha value is -2.12. The zero-order valence-electron chi connectivity index (χ0n) is 19.4. The van der Waals surface area contributed by atoms with Crippen molar-refractivity contribution in [1.82, 2.24) is 14.5 Å². The summed E-state index contributed by atoms with van der Waals surface area (Å²) in [5.74, 6) is 0.860. The zero-order valence-corrected chi connectivity index (χ0v) is 21.2. The molecule has 3 aromatic rings. The molecule has 3 rings (SSSR count). The van der Waals surface area contributed by atoms with E-state index in [0.717, 1.165) is 27.8 Å². The highest BCUT2D eigenvalue weighted by Gasteiger charge is 2.39. The van der Waals surface area contributed by atoms with Crippen LogP contribution in [0.15, 0.2) is 34.3 Å². The van der Waals surface area contributed by atoms with Crippen LogP contribution >= 0.6 is 11.8 Å². The normalized spacial score (nSPS) is 12.4. The maximum atomic E-state index is 13.3. The van der Waals surface area contributed by atoms with Crippen molar-refractivity contribution in [2.75, 3.05) is 6.26 Å². The first-order valence-corrected chi connectivity index (χ1v) is 14.2. The minimum atomic E-state index is -2.00. The Morgan fingerprint density at radius 2 is 1.83 bits per heavy atom. The second-order valence-electron chi connectivity index (χ2n) is 9.30. The molecular weight excluding hydrogens is 410 g/mol. The highest BCUT2D eigenvalue weighted by molar-refractivity contribution is 7.98. The molecule has 0 N–H and O–H groups in total. The predicted molar refractivity (Wildman–Crippen MR) is 129 cm³/mol. The van der Waals surface area contributed by atoms with Crippen LogP contribution in [0.4, 0.5) is 0 Å². The SMILES string of the molecule is CSc1ncc2cc(-c3c(C)ccc(O[Si](C)(C)C(C)(C)C)c3C)c(=O)n(C)c2n1. The molecule has 0 bridgehead atoms. The van der Waals surface area contributed by atoms with Gasteiger partial charge in [-0.3, -0.25) is 9.36 Å². The van der Waals surface area contributed by atoms with Crippen LogP contribution in [0.1, 0.15) is 31.9 Å². The summed E-state index contributed by atoms with van der Waals surface area (Å²) in [4.78, 5) is 22.2. The van der Waals surface area contributed by atoms with E-state index in [1.807, 2.05) is 38.3 Å². The quantitative estimate of drug-likeness (QED) is 0.294. The van der Waals surface area contributed by atoms with E-state index >= 15 is 0 Å². The number of fused-ring (bicyclic) bond motifs is 1. The molecule has 0 aliphatic rings. The third-order valence-corrected chi connectivity index (χ3v) is 11.1. The van der Waals surface area contributed by atoms with Gasteiger partial charge in [0.25, 0.3) is 5.56 Å². The molecule has 0 unspecified atom stereocenters. The molecule has 0 aliphatic carbocycles. The lowest BCUT2D eigenvalue weighted by molar-refractivity contribution is 0.489. The maximum Gasteiger partial charge on any atom is 0.259 e. The van der Waals surface area contributed by atoms with Gasteiger partial charge in [-0.1, -0.05) is 38.6 Å². The minimum absolute atomic E-state index is 0.0658. The van der Waals surface area contributed by atoms with Gasteiger partial charge in [-0.25, -0.2) is 9.97 Å². The summed E-state index contributed by atoms with van der Waals surface area (Å²) in [6.45, 7) is 15.2. The minimum Gasteiger partial charge on any atom is -0.543 e. The third kappa shape index (κ3) is 3.92. The van der Waals surface area contributed by atoms with Crippen molar-refractivity contribution in [3.8, 4) is 16.9 Å². The van der Waals surface area contributed by atoms with Crippen molar-refractivity contribution >= 4 is 31.1 Å². The van der Waals surface area contributed by atoms with Crippen LogP contribution in [0.3, 0.4) is 0 Å². The van der Waals surface area contributed by atoms with E-state index in [1.54, 1.807) is 17.8 Å². The fourth-order valence-electron chi connectivity index (χ4n) is 3.29. The van der Waals surface area contributed by atoms with Crippen LogP contribution in [0.25, 0.3) is 22.2 Å². The van der Waals surface area contributed by atoms with Crippen LogP contribution in [0.5, 0.6) is 5.75 Å². The monoisotopic (exact) mass is 441 g/mol. The first-order chi connectivity index (χ1) is 13.9. The zero-order chi connectivity index (χ0) is 22.4. The average molecular weight is 442 g/mol. The molecule has 1 aromatic carbocycles. The van der Waals surface area contributed by atoms with Crippen LogP contribution in [0, 0.1) is 13.8 Å². The lowest BCUT2D eigenvalue weighted by Gasteiger charge is -2.37. The molecule has 0 aliphatic heterocycles. The number of benzene rings is 1. The molecule has 5 nitrogen and oxygen atoms in total. The average Bonchev–Trinajstić information content (AvgIpc) is 2.66. The van der Waals surface area contributed by atoms with Gasteiger partial charge in [0.15, 0.2) is 5.16 Å². The van der Waals surface area contributed by atoms with E-state index in [-0.39, 0.29) is 10.6 Å². The summed E-state index contributed by atoms with van der Waals surface area (Å²) >= 11 is 1.46. The third-order valence-electron chi connectivity index (χ3n) is 6.17. The van der Waals surface area contributed by atoms with Gasteiger partial charge in [0.05, 0.1) is 0 Å². The Morgan fingerprint density at radius 3 is 2.43 bits per heavy atom. The van der Waals surface area contributed by atoms with Gasteiger partial charge in [-0.15, -0.1) is 0 Å². The van der Waals surface area contributed by atoms with Crippen LogP contribution in [-0.2, 0) is 7.05 Å². The lowest BCUT2D eigenvalue weighted by atomic mass is 9.95. The molecule has 0 radical (unpaired) electrons. The van der Waals surface area contributed by atoms with Crippen molar-refractivity contribution in [1.29, 1.82) is 0 Å². The van der Waals surface area contributed by atoms with Gasteiger partial charge >= 0.3 is 0 Å². The summed E-state index contributed by atoms with van der Waals surface area (Å²) in [5.41, 5.74) is 4.21. The van der Waals surface area contributed by atoms with Gasteiger partial charge in [-0.2, -0.15) is 0 Å². The van der Waals surface area contributed by atoms with E-state index in [2.05, 4.69) is 43.8 Å². The number of aryl methyl sites for hydroxylation is 2. The largest absolute Gasteiger partial charge is 0.543 e. The number of thioether (sulfide) groups is 1. The molecule has 0 spiro atoms. The second kappa shape index (κ2) is 7.85. The van der Waals surface area contributed by atoms with Crippen molar-refractivity contribution in [3.05, 3.63) is 45.9 Å². The van der Waals surface area contributed by atoms with Gasteiger partial charge in [0.2, 0.25) is 8.32 Å². The van der Waals surface area contributed by atoms with Gasteiger partial charge in [-0.05, 0) is 67.1 Å². The topological polar surface area (TPSA) is 57.0 Å². The van der Waals surface area contributed by atoms with Crippen molar-refractivity contribution in [2.45, 2.75) is 57.9 Å². The van der Waals surface area contributed by atoms with E-state index in [1.165, 1.54) is 11.8 Å². The Labute approximate surface area is 184 Å². The Balaban J connectivity index is 2.22. The number of nitrogens with zero attached hydrogens (tertiary/aromatic N) is 3. The summed E-state index contributed by atoms with van der Waals surface area (Å²) in [6.07, 6.45) is 3.71. The predicted octanol–water partition coefficient (Wildman–Crippen LogP) is 5.72. The highest BCUT2D eigenvalue weighted by Crippen LogP contribution is 2.40. The number of hydrogen-bond acceptors (Lipinski definition) is 5. The van der Waals surface area contributed by atoms with Crippen LogP contribution in [-0.4, -0.2) is 29.1 Å². The van der Waals surface area contributed by atoms with Crippen LogP contribution in [0.2, 0.25) is 18.1 Å². The van der Waals surface area contributed by atoms with E-state index in [9.17, 15) is 4.79 Å². The molecule has 2 aromatic heterocycles. The van der Waals surface area contributed by atoms with Gasteiger partial charge in [0, 0.05) is 24.2 Å². The molecule has 0 fully saturated rings. The molecule has 160 valence electrons. The molecule has 0 atom stereocenters. The molecule has 0 saturated carbocycles. The first-order valence-electron chi connectivity index (χ1n) is 10.1. The Morgan fingerprint density at radius 1 is 1.17 bits per heavy atom. The van der Waals surface area contributed by atoms with Crippen LogP contribution < -0.4 is 9.99 Å².